The zero-order valence-corrected chi connectivity index (χ0v) is 12.1. The summed E-state index contributed by atoms with van der Waals surface area (Å²) in [7, 11) is -1.13. The predicted octanol–water partition coefficient (Wildman–Crippen LogP) is 3.35. The van der Waals surface area contributed by atoms with Gasteiger partial charge < -0.3 is 9.57 Å². The first-order valence-electron chi connectivity index (χ1n) is 5.45. The normalized spacial score (nSPS) is 10.2. The summed E-state index contributed by atoms with van der Waals surface area (Å²) in [5, 5.41) is 8.77. The van der Waals surface area contributed by atoms with Crippen molar-refractivity contribution in [1.29, 1.82) is 0 Å². The van der Waals surface area contributed by atoms with Gasteiger partial charge in [-0.2, -0.15) is 0 Å². The number of benzene rings is 1. The Hall–Kier alpha value is -1.29. The highest BCUT2D eigenvalue weighted by Gasteiger charge is 2.14. The summed E-state index contributed by atoms with van der Waals surface area (Å²) < 4.78 is 9.63. The van der Waals surface area contributed by atoms with Gasteiger partial charge in [-0.15, -0.1) is 0 Å². The summed E-state index contributed by atoms with van der Waals surface area (Å²) in [6, 6.07) is 7.07. The zero-order valence-electron chi connectivity index (χ0n) is 11.1. The molecule has 0 bridgehead atoms. The lowest BCUT2D eigenvalue weighted by Gasteiger charge is -2.18. The van der Waals surface area contributed by atoms with Crippen molar-refractivity contribution in [1.82, 2.24) is 0 Å². The van der Waals surface area contributed by atoms with E-state index in [1.807, 2.05) is 6.07 Å². The Morgan fingerprint density at radius 1 is 1.24 bits per heavy atom. The molecule has 0 atom stereocenters. The van der Waals surface area contributed by atoms with Crippen molar-refractivity contribution in [2.24, 2.45) is 0 Å². The van der Waals surface area contributed by atoms with Crippen LogP contribution in [0.15, 0.2) is 24.3 Å². The second kappa shape index (κ2) is 6.44. The molecule has 0 saturated heterocycles. The standard InChI is InChI=1S/C11H14O2.C2H6OSi/c1-11(2,3)9-6-4-5-8(7-9)10(12)13;1-4(2)3/h4-7H,1-3H3,(H,12,13);1-2H3. The molecule has 0 amide bonds. The number of hydrogen-bond donors (Lipinski definition) is 1. The van der Waals surface area contributed by atoms with E-state index >= 15 is 0 Å². The van der Waals surface area contributed by atoms with E-state index in [1.54, 1.807) is 31.3 Å². The number of carbonyl (C=O) groups is 1. The molecule has 17 heavy (non-hydrogen) atoms. The molecule has 1 aromatic carbocycles. The Balaban J connectivity index is 0.000000557. The maximum absolute atomic E-state index is 10.7. The molecule has 1 N–H and O–H groups in total. The summed E-state index contributed by atoms with van der Waals surface area (Å²) >= 11 is 0. The number of hydrogen-bond acceptors (Lipinski definition) is 2. The van der Waals surface area contributed by atoms with Crippen LogP contribution in [-0.4, -0.2) is 19.8 Å². The lowest BCUT2D eigenvalue weighted by atomic mass is 9.86. The van der Waals surface area contributed by atoms with Crippen LogP contribution in [0.25, 0.3) is 0 Å². The highest BCUT2D eigenvalue weighted by Crippen LogP contribution is 2.22. The van der Waals surface area contributed by atoms with Gasteiger partial charge in [-0.1, -0.05) is 32.9 Å². The third-order valence-electron chi connectivity index (χ3n) is 1.98. The molecule has 0 spiro atoms. The number of rotatable bonds is 1. The van der Waals surface area contributed by atoms with E-state index in [0.29, 0.717) is 5.56 Å². The molecule has 1 rings (SSSR count). The first-order chi connectivity index (χ1) is 7.64. The largest absolute Gasteiger partial charge is 0.478 e. The summed E-state index contributed by atoms with van der Waals surface area (Å²) in [5.74, 6) is -0.869. The van der Waals surface area contributed by atoms with Gasteiger partial charge in [0, 0.05) is 0 Å². The van der Waals surface area contributed by atoms with Crippen LogP contribution in [0.3, 0.4) is 0 Å². The quantitative estimate of drug-likeness (QED) is 0.780. The monoisotopic (exact) mass is 252 g/mol. The lowest BCUT2D eigenvalue weighted by molar-refractivity contribution is 0.0696. The van der Waals surface area contributed by atoms with Crippen LogP contribution in [-0.2, 0) is 9.88 Å². The molecule has 0 saturated carbocycles. The van der Waals surface area contributed by atoms with E-state index in [4.69, 9.17) is 5.11 Å². The van der Waals surface area contributed by atoms with Crippen molar-refractivity contribution < 1.29 is 14.4 Å². The van der Waals surface area contributed by atoms with Gasteiger partial charge in [-0.3, -0.25) is 0 Å². The summed E-state index contributed by atoms with van der Waals surface area (Å²) in [4.78, 5) is 10.7. The minimum Gasteiger partial charge on any atom is -0.478 e. The Morgan fingerprint density at radius 3 is 2.06 bits per heavy atom. The Kier molecular flexibility index (Phi) is 5.95. The summed E-state index contributed by atoms with van der Waals surface area (Å²) in [5.41, 5.74) is 1.41. The molecule has 4 heteroatoms. The number of aromatic carboxylic acids is 1. The van der Waals surface area contributed by atoms with Crippen LogP contribution in [0, 0.1) is 0 Å². The van der Waals surface area contributed by atoms with Crippen molar-refractivity contribution in [2.45, 2.75) is 39.3 Å². The molecule has 0 aliphatic rings. The molecule has 0 aliphatic heterocycles. The summed E-state index contributed by atoms with van der Waals surface area (Å²) in [6.07, 6.45) is 0. The van der Waals surface area contributed by atoms with Crippen LogP contribution >= 0.6 is 0 Å². The van der Waals surface area contributed by atoms with Gasteiger partial charge in [0.25, 0.3) is 8.68 Å². The van der Waals surface area contributed by atoms with Crippen LogP contribution in [0.1, 0.15) is 36.7 Å². The van der Waals surface area contributed by atoms with Gasteiger partial charge in [0.2, 0.25) is 0 Å². The molecule has 0 unspecified atom stereocenters. The van der Waals surface area contributed by atoms with E-state index < -0.39 is 14.7 Å². The molecular formula is C13H20O3Si. The SMILES string of the molecule is CC(C)(C)c1cccc(C(=O)O)c1.C[Si](C)=O. The van der Waals surface area contributed by atoms with Crippen molar-refractivity contribution in [3.63, 3.8) is 0 Å². The van der Waals surface area contributed by atoms with Crippen molar-refractivity contribution >= 4 is 14.7 Å². The Morgan fingerprint density at radius 2 is 1.71 bits per heavy atom. The third kappa shape index (κ3) is 6.79. The molecule has 0 aliphatic carbocycles. The average molecular weight is 252 g/mol. The van der Waals surface area contributed by atoms with Crippen LogP contribution in [0.4, 0.5) is 0 Å². The molecule has 0 fully saturated rings. The van der Waals surface area contributed by atoms with Crippen LogP contribution in [0.5, 0.6) is 0 Å². The van der Waals surface area contributed by atoms with Crippen LogP contribution < -0.4 is 0 Å². The van der Waals surface area contributed by atoms with Crippen molar-refractivity contribution in [2.75, 3.05) is 0 Å². The maximum atomic E-state index is 10.7. The molecule has 0 radical (unpaired) electrons. The van der Waals surface area contributed by atoms with Gasteiger partial charge in [0.15, 0.2) is 0 Å². The zero-order chi connectivity index (χ0) is 13.6. The topological polar surface area (TPSA) is 54.4 Å². The van der Waals surface area contributed by atoms with Gasteiger partial charge in [-0.25, -0.2) is 4.79 Å². The molecule has 0 heterocycles. The van der Waals surface area contributed by atoms with E-state index in [2.05, 4.69) is 20.8 Å². The van der Waals surface area contributed by atoms with Crippen molar-refractivity contribution in [3.8, 4) is 0 Å². The second-order valence-corrected chi connectivity index (χ2v) is 6.86. The number of carboxylic acid groups (broad SMARTS) is 1. The van der Waals surface area contributed by atoms with E-state index in [9.17, 15) is 9.26 Å². The number of carboxylic acids is 1. The van der Waals surface area contributed by atoms with Gasteiger partial charge in [-0.05, 0) is 36.2 Å². The third-order valence-corrected chi connectivity index (χ3v) is 1.98. The fraction of sp³-hybridized carbons (Fsp3) is 0.462. The highest BCUT2D eigenvalue weighted by molar-refractivity contribution is 6.38. The highest BCUT2D eigenvalue weighted by atomic mass is 28.2. The summed E-state index contributed by atoms with van der Waals surface area (Å²) in [6.45, 7) is 9.62. The maximum Gasteiger partial charge on any atom is 0.335 e. The van der Waals surface area contributed by atoms with E-state index in [-0.39, 0.29) is 5.41 Å². The molecule has 3 nitrogen and oxygen atoms in total. The Bertz CT molecular complexity index is 401. The first-order valence-corrected chi connectivity index (χ1v) is 7.86. The molecule has 94 valence electrons. The minimum absolute atomic E-state index is 0.00542. The van der Waals surface area contributed by atoms with Gasteiger partial charge in [0.1, 0.15) is 0 Å². The molecular weight excluding hydrogens is 232 g/mol. The van der Waals surface area contributed by atoms with Crippen molar-refractivity contribution in [3.05, 3.63) is 35.4 Å². The van der Waals surface area contributed by atoms with Gasteiger partial charge >= 0.3 is 5.97 Å². The van der Waals surface area contributed by atoms with E-state index in [0.717, 1.165) is 5.56 Å². The smallest absolute Gasteiger partial charge is 0.335 e. The fourth-order valence-electron chi connectivity index (χ4n) is 1.12. The predicted molar refractivity (Wildman–Crippen MR) is 70.3 cm³/mol. The first kappa shape index (κ1) is 15.7. The molecule has 1 aromatic rings. The molecule has 0 aromatic heterocycles. The lowest BCUT2D eigenvalue weighted by Crippen LogP contribution is -2.12. The van der Waals surface area contributed by atoms with E-state index in [1.165, 1.54) is 0 Å². The Labute approximate surface area is 104 Å². The van der Waals surface area contributed by atoms with Gasteiger partial charge in [0.05, 0.1) is 5.56 Å². The average Bonchev–Trinajstić information content (AvgIpc) is 2.15. The second-order valence-electron chi connectivity index (χ2n) is 5.04. The fourth-order valence-corrected chi connectivity index (χ4v) is 1.12. The minimum atomic E-state index is -1.13. The van der Waals surface area contributed by atoms with Crippen LogP contribution in [0.2, 0.25) is 13.1 Å².